The van der Waals surface area contributed by atoms with Gasteiger partial charge in [-0.25, -0.2) is 0 Å². The fourth-order valence-corrected chi connectivity index (χ4v) is 0.501. The molecule has 46 valence electrons. The van der Waals surface area contributed by atoms with Gasteiger partial charge in [0.1, 0.15) is 0 Å². The number of nitrogens with zero attached hydrogens (tertiary/aromatic N) is 3. The van der Waals surface area contributed by atoms with Crippen LogP contribution in [-0.2, 0) is 0 Å². The minimum Gasteiger partial charge on any atom is -0.301 e. The quantitative estimate of drug-likeness (QED) is 0.201. The monoisotopic (exact) mass is 132 g/mol. The molecule has 0 fully saturated rings. The van der Waals surface area contributed by atoms with E-state index in [1.165, 1.54) is 0 Å². The Labute approximate surface area is 50.5 Å². The predicted octanol–water partition coefficient (Wildman–Crippen LogP) is 1.07. The van der Waals surface area contributed by atoms with E-state index in [0.29, 0.717) is 6.54 Å². The summed E-state index contributed by atoms with van der Waals surface area (Å²) in [5, 5.41) is 6.20. The van der Waals surface area contributed by atoms with Gasteiger partial charge >= 0.3 is 0 Å². The zero-order valence-corrected chi connectivity index (χ0v) is 5.70. The third kappa shape index (κ3) is 5.70. The summed E-state index contributed by atoms with van der Waals surface area (Å²) in [6.45, 7) is 1.46. The van der Waals surface area contributed by atoms with E-state index < -0.39 is 0 Å². The van der Waals surface area contributed by atoms with Crippen molar-refractivity contribution >= 4 is 9.39 Å². The first-order chi connectivity index (χ1) is 3.91. The van der Waals surface area contributed by atoms with E-state index in [-0.39, 0.29) is 0 Å². The van der Waals surface area contributed by atoms with Crippen LogP contribution in [0, 0.1) is 0 Å². The van der Waals surface area contributed by atoms with Gasteiger partial charge in [0.2, 0.25) is 0 Å². The molecule has 0 aliphatic carbocycles. The van der Waals surface area contributed by atoms with Gasteiger partial charge in [-0.2, -0.15) is 0 Å². The van der Waals surface area contributed by atoms with E-state index in [0.717, 1.165) is 13.0 Å². The van der Waals surface area contributed by atoms with Crippen LogP contribution in [0.25, 0.3) is 10.4 Å². The maximum Gasteiger partial charge on any atom is 0.0270 e. The number of hydrogen-bond donors (Lipinski definition) is 1. The summed E-state index contributed by atoms with van der Waals surface area (Å²) >= 11 is 0. The first-order valence-corrected chi connectivity index (χ1v) is 2.94. The van der Waals surface area contributed by atoms with Gasteiger partial charge in [-0.3, -0.25) is 0 Å². The van der Waals surface area contributed by atoms with Gasteiger partial charge in [0.05, 0.1) is 0 Å². The molecule has 0 spiro atoms. The molecule has 0 radical (unpaired) electrons. The van der Waals surface area contributed by atoms with Gasteiger partial charge < -0.3 is 5.09 Å². The Morgan fingerprint density at radius 3 is 3.00 bits per heavy atom. The van der Waals surface area contributed by atoms with Crippen LogP contribution in [0.15, 0.2) is 5.11 Å². The zero-order chi connectivity index (χ0) is 6.24. The molecule has 0 saturated carbocycles. The average Bonchev–Trinajstić information content (AvgIpc) is 1.81. The van der Waals surface area contributed by atoms with E-state index >= 15 is 0 Å². The Hall–Kier alpha value is -0.300. The number of nitrogens with one attached hydrogen (secondary N) is 1. The first-order valence-electron chi connectivity index (χ1n) is 2.36. The van der Waals surface area contributed by atoms with Crippen LogP contribution in [0.5, 0.6) is 0 Å². The number of azide groups is 1. The van der Waals surface area contributed by atoms with E-state index in [2.05, 4.69) is 24.5 Å². The van der Waals surface area contributed by atoms with Crippen molar-refractivity contribution in [2.75, 3.05) is 13.1 Å². The van der Waals surface area contributed by atoms with Crippen LogP contribution >= 0.6 is 9.39 Å². The first kappa shape index (κ1) is 7.70. The Balaban J connectivity index is 2.82. The molecular formula is C3H9N4P. The molecule has 0 rings (SSSR count). The smallest absolute Gasteiger partial charge is 0.0270 e. The fourth-order valence-electron chi connectivity index (χ4n) is 0.297. The second kappa shape index (κ2) is 6.70. The molecule has 0 aromatic rings. The second-order valence-electron chi connectivity index (χ2n) is 1.26. The molecule has 5 heteroatoms. The van der Waals surface area contributed by atoms with Crippen LogP contribution in [0.1, 0.15) is 6.42 Å². The second-order valence-corrected chi connectivity index (χ2v) is 1.67. The molecule has 1 unspecified atom stereocenters. The van der Waals surface area contributed by atoms with Crippen LogP contribution in [-0.4, -0.2) is 13.1 Å². The Morgan fingerprint density at radius 2 is 2.50 bits per heavy atom. The highest BCUT2D eigenvalue weighted by Crippen LogP contribution is 1.79. The predicted molar refractivity (Wildman–Crippen MR) is 36.3 cm³/mol. The summed E-state index contributed by atoms with van der Waals surface area (Å²) in [5.74, 6) is 0. The van der Waals surface area contributed by atoms with Crippen LogP contribution in [0.3, 0.4) is 0 Å². The molecular weight excluding hydrogens is 123 g/mol. The average molecular weight is 132 g/mol. The third-order valence-corrected chi connectivity index (χ3v) is 0.931. The van der Waals surface area contributed by atoms with Crippen molar-refractivity contribution in [3.05, 3.63) is 10.4 Å². The molecule has 0 aliphatic heterocycles. The minimum absolute atomic E-state index is 0.581. The molecule has 0 saturated heterocycles. The lowest BCUT2D eigenvalue weighted by Gasteiger charge is -1.90. The van der Waals surface area contributed by atoms with E-state index in [4.69, 9.17) is 5.53 Å². The molecule has 0 bridgehead atoms. The summed E-state index contributed by atoms with van der Waals surface area (Å²) in [5.41, 5.74) is 7.80. The number of hydrogen-bond acceptors (Lipinski definition) is 2. The van der Waals surface area contributed by atoms with Crippen molar-refractivity contribution < 1.29 is 0 Å². The summed E-state index contributed by atoms with van der Waals surface area (Å²) in [6.07, 6.45) is 0.896. The lowest BCUT2D eigenvalue weighted by atomic mass is 10.4. The van der Waals surface area contributed by atoms with Crippen molar-refractivity contribution in [2.45, 2.75) is 6.42 Å². The maximum absolute atomic E-state index is 7.80. The Bertz CT molecular complexity index is 87.3. The van der Waals surface area contributed by atoms with Crippen molar-refractivity contribution in [3.63, 3.8) is 0 Å². The van der Waals surface area contributed by atoms with Gasteiger partial charge in [-0.15, -0.1) is 0 Å². The van der Waals surface area contributed by atoms with Crippen LogP contribution in [0.2, 0.25) is 0 Å². The normalized spacial score (nSPS) is 8.12. The molecule has 0 aliphatic rings. The highest BCUT2D eigenvalue weighted by molar-refractivity contribution is 7.13. The van der Waals surface area contributed by atoms with Gasteiger partial charge in [0, 0.05) is 11.5 Å². The molecule has 0 aromatic carbocycles. The summed E-state index contributed by atoms with van der Waals surface area (Å²) in [6, 6.07) is 0. The van der Waals surface area contributed by atoms with Crippen molar-refractivity contribution in [3.8, 4) is 0 Å². The fraction of sp³-hybridized carbons (Fsp3) is 1.00. The largest absolute Gasteiger partial charge is 0.301 e. The molecule has 8 heavy (non-hydrogen) atoms. The molecule has 4 nitrogen and oxygen atoms in total. The standard InChI is InChI=1S/C3H9N4P/c4-7-5-2-1-3-6-8/h6H,1-3,8H2. The van der Waals surface area contributed by atoms with Crippen molar-refractivity contribution in [1.82, 2.24) is 5.09 Å². The molecule has 0 aromatic heterocycles. The van der Waals surface area contributed by atoms with Gasteiger partial charge in [0.25, 0.3) is 0 Å². The maximum atomic E-state index is 7.80. The minimum atomic E-state index is 0.581. The summed E-state index contributed by atoms with van der Waals surface area (Å²) < 4.78 is 0. The Morgan fingerprint density at radius 1 is 1.75 bits per heavy atom. The molecule has 0 heterocycles. The highest BCUT2D eigenvalue weighted by Gasteiger charge is 1.78. The van der Waals surface area contributed by atoms with Gasteiger partial charge in [0.15, 0.2) is 0 Å². The SMILES string of the molecule is [N-]=[N+]=NCCCNP. The third-order valence-electron chi connectivity index (χ3n) is 0.642. The summed E-state index contributed by atoms with van der Waals surface area (Å²) in [4.78, 5) is 2.60. The van der Waals surface area contributed by atoms with Crippen LogP contribution < -0.4 is 5.09 Å². The zero-order valence-electron chi connectivity index (χ0n) is 4.54. The van der Waals surface area contributed by atoms with E-state index in [1.807, 2.05) is 0 Å². The summed E-state index contributed by atoms with van der Waals surface area (Å²) in [7, 11) is 2.38. The van der Waals surface area contributed by atoms with E-state index in [9.17, 15) is 0 Å². The Kier molecular flexibility index (Phi) is 6.45. The highest BCUT2D eigenvalue weighted by atomic mass is 31.0. The molecule has 1 N–H and O–H groups in total. The van der Waals surface area contributed by atoms with Crippen molar-refractivity contribution in [2.24, 2.45) is 5.11 Å². The lowest BCUT2D eigenvalue weighted by Crippen LogP contribution is -2.00. The number of rotatable bonds is 4. The topological polar surface area (TPSA) is 60.8 Å². The molecule has 1 atom stereocenters. The van der Waals surface area contributed by atoms with E-state index in [1.54, 1.807) is 0 Å². The molecule has 0 amide bonds. The van der Waals surface area contributed by atoms with Gasteiger partial charge in [-0.1, -0.05) is 14.5 Å². The van der Waals surface area contributed by atoms with Crippen molar-refractivity contribution in [1.29, 1.82) is 0 Å². The lowest BCUT2D eigenvalue weighted by molar-refractivity contribution is 0.805. The van der Waals surface area contributed by atoms with Gasteiger partial charge in [-0.05, 0) is 18.5 Å². The van der Waals surface area contributed by atoms with Crippen LogP contribution in [0.4, 0.5) is 0 Å².